The average Bonchev–Trinajstić information content (AvgIpc) is 3.63. The third kappa shape index (κ3) is 4.90. The summed E-state index contributed by atoms with van der Waals surface area (Å²) in [6.45, 7) is 5.53. The minimum absolute atomic E-state index is 0.0425. The van der Waals surface area contributed by atoms with Gasteiger partial charge < -0.3 is 24.5 Å². The number of anilines is 1. The number of ether oxygens (including phenoxy) is 1. The molecule has 1 saturated carbocycles. The molecular formula is C30H39N7O4S. The van der Waals surface area contributed by atoms with Crippen LogP contribution in [0.3, 0.4) is 0 Å². The number of imidazole rings is 1. The molecule has 3 aromatic heterocycles. The molecule has 6 rings (SSSR count). The van der Waals surface area contributed by atoms with Crippen molar-refractivity contribution in [2.24, 2.45) is 18.7 Å². The average molecular weight is 594 g/mol. The summed E-state index contributed by atoms with van der Waals surface area (Å²) in [4.78, 5) is 25.4. The van der Waals surface area contributed by atoms with Crippen LogP contribution < -0.4 is 14.8 Å². The summed E-state index contributed by atoms with van der Waals surface area (Å²) in [7, 11) is 0.0783. The highest BCUT2D eigenvalue weighted by Crippen LogP contribution is 2.38. The molecule has 2 N–H and O–H groups in total. The number of aromatic nitrogens is 4. The predicted molar refractivity (Wildman–Crippen MR) is 164 cm³/mol. The summed E-state index contributed by atoms with van der Waals surface area (Å²) in [5.74, 6) is 2.15. The highest BCUT2D eigenvalue weighted by Gasteiger charge is 2.31. The number of methoxy groups -OCH3 is 1. The fraction of sp³-hybridized carbons (Fsp3) is 0.500. The number of pyridine rings is 1. The zero-order chi connectivity index (χ0) is 29.9. The molecule has 1 saturated heterocycles. The maximum absolute atomic E-state index is 13.6. The Kier molecular flexibility index (Phi) is 7.17. The number of nitrogens with zero attached hydrogens (tertiary/aromatic N) is 6. The largest absolute Gasteiger partial charge is 0.494 e. The summed E-state index contributed by atoms with van der Waals surface area (Å²) in [5, 5.41) is 0.907. The lowest BCUT2D eigenvalue weighted by Crippen LogP contribution is -2.52. The summed E-state index contributed by atoms with van der Waals surface area (Å²) < 4.78 is 36.1. The SMILES string of the molecule is CCN(c1ccc2cc(-c3nc4cc(C(=O)N5CCC[C@@H](N)[C@H]5C)cc(OC)c4n3C)n(CC3CC3)c2n1)S(C)(=O)=O. The molecule has 0 bridgehead atoms. The number of aryl methyl sites for hydroxylation is 1. The fourth-order valence-electron chi connectivity index (χ4n) is 6.20. The van der Waals surface area contributed by atoms with Crippen LogP contribution in [0.5, 0.6) is 5.75 Å². The highest BCUT2D eigenvalue weighted by atomic mass is 32.2. The van der Waals surface area contributed by atoms with E-state index in [-0.39, 0.29) is 18.0 Å². The molecule has 1 aromatic carbocycles. The Hall–Kier alpha value is -3.64. The Morgan fingerprint density at radius 3 is 2.60 bits per heavy atom. The molecule has 1 aliphatic carbocycles. The monoisotopic (exact) mass is 593 g/mol. The van der Waals surface area contributed by atoms with Gasteiger partial charge in [-0.25, -0.2) is 18.4 Å². The van der Waals surface area contributed by atoms with Crippen molar-refractivity contribution in [2.75, 3.05) is 30.8 Å². The Bertz CT molecular complexity index is 1790. The van der Waals surface area contributed by atoms with Crippen molar-refractivity contribution in [1.82, 2.24) is 24.0 Å². The molecule has 2 fully saturated rings. The Labute approximate surface area is 246 Å². The maximum Gasteiger partial charge on any atom is 0.254 e. The van der Waals surface area contributed by atoms with Gasteiger partial charge in [0.25, 0.3) is 5.91 Å². The summed E-state index contributed by atoms with van der Waals surface area (Å²) >= 11 is 0. The number of amides is 1. The van der Waals surface area contributed by atoms with E-state index in [2.05, 4.69) is 10.6 Å². The first-order chi connectivity index (χ1) is 20.0. The molecule has 2 aliphatic rings. The molecule has 224 valence electrons. The van der Waals surface area contributed by atoms with Crippen LogP contribution in [0.25, 0.3) is 33.6 Å². The van der Waals surface area contributed by atoms with E-state index in [0.717, 1.165) is 60.3 Å². The van der Waals surface area contributed by atoms with Crippen molar-refractivity contribution in [3.05, 3.63) is 35.9 Å². The van der Waals surface area contributed by atoms with E-state index in [1.165, 1.54) is 10.6 Å². The first-order valence-corrected chi connectivity index (χ1v) is 16.5. The number of likely N-dealkylation sites (tertiary alicyclic amines) is 1. The molecular weight excluding hydrogens is 554 g/mol. The zero-order valence-electron chi connectivity index (χ0n) is 24.9. The predicted octanol–water partition coefficient (Wildman–Crippen LogP) is 3.75. The van der Waals surface area contributed by atoms with Crippen molar-refractivity contribution in [1.29, 1.82) is 0 Å². The molecule has 0 unspecified atom stereocenters. The summed E-state index contributed by atoms with van der Waals surface area (Å²) in [5.41, 5.74) is 9.87. The topological polar surface area (TPSA) is 129 Å². The van der Waals surface area contributed by atoms with E-state index in [1.807, 2.05) is 35.6 Å². The van der Waals surface area contributed by atoms with Gasteiger partial charge in [-0.3, -0.25) is 9.10 Å². The van der Waals surface area contributed by atoms with E-state index in [4.69, 9.17) is 20.4 Å². The van der Waals surface area contributed by atoms with Crippen LogP contribution in [0.4, 0.5) is 5.82 Å². The van der Waals surface area contributed by atoms with E-state index in [1.54, 1.807) is 26.2 Å². The first-order valence-electron chi connectivity index (χ1n) is 14.6. The lowest BCUT2D eigenvalue weighted by Gasteiger charge is -2.37. The van der Waals surface area contributed by atoms with Gasteiger partial charge in [-0.1, -0.05) is 0 Å². The molecule has 0 radical (unpaired) electrons. The lowest BCUT2D eigenvalue weighted by molar-refractivity contribution is 0.0605. The summed E-state index contributed by atoms with van der Waals surface area (Å²) in [6.07, 6.45) is 5.27. The van der Waals surface area contributed by atoms with E-state index >= 15 is 0 Å². The van der Waals surface area contributed by atoms with Crippen LogP contribution in [-0.4, -0.2) is 76.9 Å². The van der Waals surface area contributed by atoms with Crippen LogP contribution in [0.15, 0.2) is 30.3 Å². The number of carbonyl (C=O) groups is 1. The van der Waals surface area contributed by atoms with Gasteiger partial charge in [0.1, 0.15) is 22.7 Å². The minimum Gasteiger partial charge on any atom is -0.494 e. The molecule has 1 amide bonds. The molecule has 42 heavy (non-hydrogen) atoms. The molecule has 11 nitrogen and oxygen atoms in total. The van der Waals surface area contributed by atoms with Crippen LogP contribution in [0.1, 0.15) is 49.9 Å². The van der Waals surface area contributed by atoms with Gasteiger partial charge in [-0.05, 0) is 75.8 Å². The van der Waals surface area contributed by atoms with Crippen molar-refractivity contribution >= 4 is 43.8 Å². The number of piperidine rings is 1. The number of sulfonamides is 1. The number of carbonyl (C=O) groups excluding carboxylic acids is 1. The van der Waals surface area contributed by atoms with Gasteiger partial charge in [0.2, 0.25) is 10.0 Å². The first kappa shape index (κ1) is 28.5. The van der Waals surface area contributed by atoms with Crippen molar-refractivity contribution in [2.45, 2.75) is 58.2 Å². The third-order valence-electron chi connectivity index (χ3n) is 8.75. The Balaban J connectivity index is 1.48. The van der Waals surface area contributed by atoms with Gasteiger partial charge in [0.05, 0.1) is 24.6 Å². The molecule has 12 heteroatoms. The van der Waals surface area contributed by atoms with Gasteiger partial charge in [0.15, 0.2) is 5.82 Å². The number of hydrogen-bond donors (Lipinski definition) is 1. The van der Waals surface area contributed by atoms with E-state index < -0.39 is 10.0 Å². The van der Waals surface area contributed by atoms with Gasteiger partial charge in [0, 0.05) is 49.7 Å². The van der Waals surface area contributed by atoms with Gasteiger partial charge >= 0.3 is 0 Å². The van der Waals surface area contributed by atoms with Crippen molar-refractivity contribution < 1.29 is 17.9 Å². The highest BCUT2D eigenvalue weighted by molar-refractivity contribution is 7.92. The summed E-state index contributed by atoms with van der Waals surface area (Å²) in [6, 6.07) is 9.27. The second-order valence-corrected chi connectivity index (χ2v) is 13.6. The molecule has 4 heterocycles. The van der Waals surface area contributed by atoms with Crippen LogP contribution in [0.2, 0.25) is 0 Å². The molecule has 1 aliphatic heterocycles. The van der Waals surface area contributed by atoms with Gasteiger partial charge in [-0.15, -0.1) is 0 Å². The quantitative estimate of drug-likeness (QED) is 0.330. The number of nitrogens with two attached hydrogens (primary N) is 1. The van der Waals surface area contributed by atoms with E-state index in [9.17, 15) is 13.2 Å². The smallest absolute Gasteiger partial charge is 0.254 e. The number of rotatable bonds is 8. The number of hydrogen-bond acceptors (Lipinski definition) is 7. The lowest BCUT2D eigenvalue weighted by atomic mass is 9.97. The Morgan fingerprint density at radius 1 is 1.17 bits per heavy atom. The van der Waals surface area contributed by atoms with Crippen molar-refractivity contribution in [3.63, 3.8) is 0 Å². The molecule has 2 atom stereocenters. The maximum atomic E-state index is 13.6. The number of benzene rings is 1. The third-order valence-corrected chi connectivity index (χ3v) is 9.99. The van der Waals surface area contributed by atoms with Crippen LogP contribution in [0, 0.1) is 5.92 Å². The number of fused-ring (bicyclic) bond motifs is 2. The van der Waals surface area contributed by atoms with Crippen molar-refractivity contribution in [3.8, 4) is 17.3 Å². The molecule has 4 aromatic rings. The fourth-order valence-corrected chi connectivity index (χ4v) is 7.11. The van der Waals surface area contributed by atoms with Gasteiger partial charge in [-0.2, -0.15) is 0 Å². The second kappa shape index (κ2) is 10.6. The van der Waals surface area contributed by atoms with Crippen LogP contribution in [-0.2, 0) is 23.6 Å². The standard InChI is InChI=1S/C30H39N7O4S/c1-6-37(42(5,39)40)26-12-11-20-15-24(36(28(20)33-26)17-19-9-10-19)29-32-23-14-21(16-25(41-4)27(23)34(29)3)30(38)35-13-7-8-22(31)18(35)2/h11-12,14-16,18-19,22H,6-10,13,17,31H2,1-5H3/t18-,22-/m1/s1. The Morgan fingerprint density at radius 2 is 1.93 bits per heavy atom. The zero-order valence-corrected chi connectivity index (χ0v) is 25.7. The van der Waals surface area contributed by atoms with E-state index in [0.29, 0.717) is 41.7 Å². The second-order valence-electron chi connectivity index (χ2n) is 11.7. The molecule has 0 spiro atoms. The van der Waals surface area contributed by atoms with Crippen LogP contribution >= 0.6 is 0 Å². The normalized spacial score (nSPS) is 19.5. The minimum atomic E-state index is -3.47.